The van der Waals surface area contributed by atoms with Crippen molar-refractivity contribution in [3.63, 3.8) is 0 Å². The molecule has 1 fully saturated rings. The van der Waals surface area contributed by atoms with Crippen molar-refractivity contribution in [2.75, 3.05) is 6.54 Å². The Morgan fingerprint density at radius 2 is 1.18 bits per heavy atom. The minimum atomic E-state index is -0.590. The molecule has 4 heteroatoms. The van der Waals surface area contributed by atoms with E-state index in [1.165, 1.54) is 94.6 Å². The average molecular weight is 534 g/mol. The number of amides is 1. The Bertz CT molecular complexity index is 1140. The summed E-state index contributed by atoms with van der Waals surface area (Å²) in [6.07, 6.45) is 20.7. The number of unbranched alkanes of at least 4 members (excludes halogenated alkanes) is 13. The minimum Gasteiger partial charge on any atom is -0.355 e. The molecule has 1 heterocycles. The van der Waals surface area contributed by atoms with Crippen LogP contribution >= 0.6 is 0 Å². The maximum atomic E-state index is 14.0. The normalized spacial score (nSPS) is 22.9. The molecule has 2 aromatic rings. The number of aromatic nitrogens is 2. The van der Waals surface area contributed by atoms with Gasteiger partial charge >= 0.3 is 0 Å². The number of fused-ring (bicyclic) bond motifs is 6. The van der Waals surface area contributed by atoms with Crippen LogP contribution in [0.5, 0.6) is 0 Å². The maximum Gasteiger partial charge on any atom is 0.232 e. The van der Waals surface area contributed by atoms with Gasteiger partial charge in [0, 0.05) is 12.0 Å². The highest BCUT2D eigenvalue weighted by Gasteiger charge is 2.73. The van der Waals surface area contributed by atoms with Crippen molar-refractivity contribution in [2.24, 2.45) is 5.41 Å². The minimum absolute atomic E-state index is 0.130. The van der Waals surface area contributed by atoms with E-state index in [0.717, 1.165) is 48.2 Å². The summed E-state index contributed by atoms with van der Waals surface area (Å²) in [6, 6.07) is 4.29. The van der Waals surface area contributed by atoms with Crippen molar-refractivity contribution in [3.8, 4) is 0 Å². The highest BCUT2D eigenvalue weighted by molar-refractivity contribution is 5.93. The van der Waals surface area contributed by atoms with Gasteiger partial charge in [-0.2, -0.15) is 0 Å². The van der Waals surface area contributed by atoms with Crippen LogP contribution in [0.2, 0.25) is 0 Å². The first-order valence-corrected chi connectivity index (χ1v) is 16.3. The van der Waals surface area contributed by atoms with E-state index in [2.05, 4.69) is 59.0 Å². The Labute approximate surface area is 238 Å². The molecule has 2 atom stereocenters. The first-order chi connectivity index (χ1) is 18.7. The lowest BCUT2D eigenvalue weighted by Crippen LogP contribution is -2.51. The van der Waals surface area contributed by atoms with Crippen molar-refractivity contribution in [2.45, 2.75) is 155 Å². The fourth-order valence-corrected chi connectivity index (χ4v) is 7.53. The molecule has 1 amide bonds. The summed E-state index contributed by atoms with van der Waals surface area (Å²) < 4.78 is 0. The van der Waals surface area contributed by atoms with Crippen LogP contribution in [0, 0.1) is 19.3 Å². The molecule has 1 N–H and O–H groups in total. The van der Waals surface area contributed by atoms with Crippen LogP contribution in [0.4, 0.5) is 0 Å². The zero-order valence-electron chi connectivity index (χ0n) is 26.0. The number of hydrogen-bond acceptors (Lipinski definition) is 3. The van der Waals surface area contributed by atoms with Gasteiger partial charge in [0.15, 0.2) is 0 Å². The Morgan fingerprint density at radius 3 is 1.69 bits per heavy atom. The molecular formula is C35H55N3O. The molecule has 2 bridgehead atoms. The zero-order chi connectivity index (χ0) is 28.1. The van der Waals surface area contributed by atoms with Crippen LogP contribution in [0.1, 0.15) is 153 Å². The van der Waals surface area contributed by atoms with E-state index in [1.807, 2.05) is 0 Å². The van der Waals surface area contributed by atoms with Gasteiger partial charge in [-0.1, -0.05) is 111 Å². The number of carbonyl (C=O) groups is 1. The summed E-state index contributed by atoms with van der Waals surface area (Å²) in [6.45, 7) is 14.2. The lowest BCUT2D eigenvalue weighted by atomic mass is 9.63. The number of benzene rings is 1. The molecule has 216 valence electrons. The lowest BCUT2D eigenvalue weighted by Gasteiger charge is -2.39. The quantitative estimate of drug-likeness (QED) is 0.219. The largest absolute Gasteiger partial charge is 0.355 e. The SMILES string of the molecule is CCCCCCCCCCCCCCCCNC(=O)C12CCC(C)(c3nc4cc(C)c(C)cc4nc31)C2(C)C. The molecule has 4 rings (SSSR count). The second kappa shape index (κ2) is 12.7. The Kier molecular flexibility index (Phi) is 9.76. The molecule has 1 aromatic carbocycles. The highest BCUT2D eigenvalue weighted by atomic mass is 16.2. The molecule has 0 radical (unpaired) electrons. The molecule has 4 nitrogen and oxygen atoms in total. The van der Waals surface area contributed by atoms with Crippen LogP contribution in [0.25, 0.3) is 11.0 Å². The van der Waals surface area contributed by atoms with Crippen molar-refractivity contribution >= 4 is 16.9 Å². The predicted octanol–water partition coefficient (Wildman–Crippen LogP) is 9.17. The molecule has 1 saturated carbocycles. The van der Waals surface area contributed by atoms with E-state index >= 15 is 0 Å². The van der Waals surface area contributed by atoms with Gasteiger partial charge in [0.1, 0.15) is 0 Å². The Morgan fingerprint density at radius 1 is 0.718 bits per heavy atom. The third-order valence-electron chi connectivity index (χ3n) is 10.9. The summed E-state index contributed by atoms with van der Waals surface area (Å²) in [5, 5.41) is 3.36. The van der Waals surface area contributed by atoms with Gasteiger partial charge in [-0.3, -0.25) is 4.79 Å². The van der Waals surface area contributed by atoms with E-state index < -0.39 is 5.41 Å². The van der Waals surface area contributed by atoms with Gasteiger partial charge in [-0.25, -0.2) is 9.97 Å². The van der Waals surface area contributed by atoms with Crippen molar-refractivity contribution in [1.29, 1.82) is 0 Å². The number of nitrogens with one attached hydrogen (secondary N) is 1. The second-order valence-electron chi connectivity index (χ2n) is 13.6. The van der Waals surface area contributed by atoms with Crippen molar-refractivity contribution in [3.05, 3.63) is 34.6 Å². The predicted molar refractivity (Wildman–Crippen MR) is 164 cm³/mol. The van der Waals surface area contributed by atoms with Crippen LogP contribution in [0.3, 0.4) is 0 Å². The van der Waals surface area contributed by atoms with Gasteiger partial charge < -0.3 is 5.32 Å². The number of carbonyl (C=O) groups excluding carboxylic acids is 1. The standard InChI is InChI=1S/C35H55N3O/c1-7-8-9-10-11-12-13-14-15-16-17-18-19-20-23-36-32(39)35-22-21-34(6,33(35,4)5)30-31(35)38-29-25-27(3)26(2)24-28(29)37-30/h24-25H,7-23H2,1-6H3,(H,36,39). The van der Waals surface area contributed by atoms with Gasteiger partial charge in [0.25, 0.3) is 0 Å². The van der Waals surface area contributed by atoms with Crippen LogP contribution in [-0.4, -0.2) is 22.4 Å². The van der Waals surface area contributed by atoms with E-state index in [1.54, 1.807) is 0 Å². The fourth-order valence-electron chi connectivity index (χ4n) is 7.53. The van der Waals surface area contributed by atoms with Gasteiger partial charge in [-0.05, 0) is 61.8 Å². The Hall–Kier alpha value is -1.97. The van der Waals surface area contributed by atoms with E-state index in [-0.39, 0.29) is 16.7 Å². The molecule has 2 unspecified atom stereocenters. The number of hydrogen-bond donors (Lipinski definition) is 1. The average Bonchev–Trinajstić information content (AvgIpc) is 3.20. The second-order valence-corrected chi connectivity index (χ2v) is 13.6. The van der Waals surface area contributed by atoms with Crippen molar-refractivity contribution in [1.82, 2.24) is 15.3 Å². The van der Waals surface area contributed by atoms with Crippen LogP contribution in [0.15, 0.2) is 12.1 Å². The van der Waals surface area contributed by atoms with E-state index in [0.29, 0.717) is 0 Å². The zero-order valence-corrected chi connectivity index (χ0v) is 26.0. The first-order valence-electron chi connectivity index (χ1n) is 16.3. The highest BCUT2D eigenvalue weighted by Crippen LogP contribution is 2.70. The lowest BCUT2D eigenvalue weighted by molar-refractivity contribution is -0.130. The third kappa shape index (κ3) is 5.64. The van der Waals surface area contributed by atoms with E-state index in [4.69, 9.17) is 9.97 Å². The summed E-state index contributed by atoms with van der Waals surface area (Å²) in [7, 11) is 0. The maximum absolute atomic E-state index is 14.0. The van der Waals surface area contributed by atoms with Crippen LogP contribution in [-0.2, 0) is 15.6 Å². The summed E-state index contributed by atoms with van der Waals surface area (Å²) in [4.78, 5) is 24.3. The molecule has 0 spiro atoms. The molecule has 1 aromatic heterocycles. The first kappa shape index (κ1) is 30.0. The number of aryl methyl sites for hydroxylation is 2. The van der Waals surface area contributed by atoms with Crippen LogP contribution < -0.4 is 5.32 Å². The van der Waals surface area contributed by atoms with Gasteiger partial charge in [0.05, 0.1) is 27.8 Å². The smallest absolute Gasteiger partial charge is 0.232 e. The summed E-state index contributed by atoms with van der Waals surface area (Å²) in [5.74, 6) is 0.169. The van der Waals surface area contributed by atoms with E-state index in [9.17, 15) is 4.79 Å². The third-order valence-corrected chi connectivity index (χ3v) is 10.9. The van der Waals surface area contributed by atoms with Crippen molar-refractivity contribution < 1.29 is 4.79 Å². The summed E-state index contributed by atoms with van der Waals surface area (Å²) >= 11 is 0. The number of rotatable bonds is 16. The fraction of sp³-hybridized carbons (Fsp3) is 0.743. The van der Waals surface area contributed by atoms with Gasteiger partial charge in [0.2, 0.25) is 5.91 Å². The Balaban J connectivity index is 1.24. The topological polar surface area (TPSA) is 54.9 Å². The molecule has 2 aliphatic rings. The molecular weight excluding hydrogens is 478 g/mol. The summed E-state index contributed by atoms with van der Waals surface area (Å²) in [5.41, 5.74) is 5.40. The molecule has 0 aliphatic heterocycles. The van der Waals surface area contributed by atoms with Gasteiger partial charge in [-0.15, -0.1) is 0 Å². The molecule has 0 saturated heterocycles. The molecule has 2 aliphatic carbocycles. The molecule has 39 heavy (non-hydrogen) atoms. The number of nitrogens with zero attached hydrogens (tertiary/aromatic N) is 2. The monoisotopic (exact) mass is 533 g/mol.